The highest BCUT2D eigenvalue weighted by Crippen LogP contribution is 2.39. The van der Waals surface area contributed by atoms with Crippen LogP contribution in [-0.2, 0) is 19.1 Å². The second-order valence-corrected chi connectivity index (χ2v) is 7.28. The lowest BCUT2D eigenvalue weighted by Gasteiger charge is -2.30. The Hall–Kier alpha value is -3.05. The zero-order valence-electron chi connectivity index (χ0n) is 17.2. The molecular formula is C24H24ClNO4. The minimum Gasteiger partial charge on any atom is -0.463 e. The predicted octanol–water partition coefficient (Wildman–Crippen LogP) is 5.15. The number of hydrogen-bond acceptors (Lipinski definition) is 5. The normalized spacial score (nSPS) is 14.1. The van der Waals surface area contributed by atoms with E-state index in [1.54, 1.807) is 49.3 Å². The summed E-state index contributed by atoms with van der Waals surface area (Å²) >= 11 is 6.20. The standard InChI is InChI=1S/C24H24ClNO4/c1-4-29-23(27)20-14-26(19-11-9-16(3)10-12-19)15-21(24(28)30-5-2)22(20)17-7-6-8-18(25)13-17/h6-15,22H,4-5H2,1-3H3. The lowest BCUT2D eigenvalue weighted by molar-refractivity contribution is -0.139. The smallest absolute Gasteiger partial charge is 0.336 e. The molecule has 0 saturated heterocycles. The molecule has 2 aromatic rings. The molecule has 1 aliphatic rings. The third-order valence-corrected chi connectivity index (χ3v) is 4.95. The number of nitrogens with zero attached hydrogens (tertiary/aromatic N) is 1. The van der Waals surface area contributed by atoms with E-state index in [9.17, 15) is 9.59 Å². The van der Waals surface area contributed by atoms with Crippen molar-refractivity contribution in [2.75, 3.05) is 18.1 Å². The van der Waals surface area contributed by atoms with Crippen molar-refractivity contribution in [2.24, 2.45) is 0 Å². The zero-order chi connectivity index (χ0) is 21.7. The van der Waals surface area contributed by atoms with Crippen LogP contribution in [0.15, 0.2) is 72.1 Å². The molecule has 5 nitrogen and oxygen atoms in total. The molecule has 156 valence electrons. The Bertz CT molecular complexity index is 959. The Morgan fingerprint density at radius 1 is 0.933 bits per heavy atom. The van der Waals surface area contributed by atoms with Gasteiger partial charge in [-0.05, 0) is 50.6 Å². The fourth-order valence-corrected chi connectivity index (χ4v) is 3.53. The largest absolute Gasteiger partial charge is 0.463 e. The number of rotatable bonds is 6. The van der Waals surface area contributed by atoms with E-state index in [1.165, 1.54) is 0 Å². The molecule has 0 bridgehead atoms. The van der Waals surface area contributed by atoms with Gasteiger partial charge in [0, 0.05) is 23.1 Å². The van der Waals surface area contributed by atoms with E-state index in [2.05, 4.69) is 0 Å². The lowest BCUT2D eigenvalue weighted by Crippen LogP contribution is -2.29. The van der Waals surface area contributed by atoms with Gasteiger partial charge in [-0.3, -0.25) is 0 Å². The molecule has 0 N–H and O–H groups in total. The monoisotopic (exact) mass is 425 g/mol. The second kappa shape index (κ2) is 9.63. The Morgan fingerprint density at radius 3 is 2.00 bits per heavy atom. The van der Waals surface area contributed by atoms with Gasteiger partial charge in [0.25, 0.3) is 0 Å². The number of hydrogen-bond donors (Lipinski definition) is 0. The van der Waals surface area contributed by atoms with Crippen molar-refractivity contribution < 1.29 is 19.1 Å². The maximum atomic E-state index is 12.9. The van der Waals surface area contributed by atoms with Crippen LogP contribution in [0, 0.1) is 6.92 Å². The molecule has 1 aliphatic heterocycles. The molecule has 0 spiro atoms. The SMILES string of the molecule is CCOC(=O)C1=CN(c2ccc(C)cc2)C=C(C(=O)OCC)C1c1cccc(Cl)c1. The molecule has 0 atom stereocenters. The molecule has 0 amide bonds. The molecular weight excluding hydrogens is 402 g/mol. The zero-order valence-corrected chi connectivity index (χ0v) is 18.0. The second-order valence-electron chi connectivity index (χ2n) is 6.84. The van der Waals surface area contributed by atoms with Gasteiger partial charge in [0.2, 0.25) is 0 Å². The van der Waals surface area contributed by atoms with Crippen LogP contribution in [0.25, 0.3) is 0 Å². The first-order valence-electron chi connectivity index (χ1n) is 9.82. The third kappa shape index (κ3) is 4.74. The van der Waals surface area contributed by atoms with Crippen molar-refractivity contribution in [3.8, 4) is 0 Å². The Balaban J connectivity index is 2.17. The fraction of sp³-hybridized carbons (Fsp3) is 0.250. The summed E-state index contributed by atoms with van der Waals surface area (Å²) < 4.78 is 10.6. The highest BCUT2D eigenvalue weighted by molar-refractivity contribution is 6.30. The van der Waals surface area contributed by atoms with Crippen LogP contribution >= 0.6 is 11.6 Å². The number of anilines is 1. The summed E-state index contributed by atoms with van der Waals surface area (Å²) in [6.45, 7) is 5.93. The first-order chi connectivity index (χ1) is 14.4. The number of carbonyl (C=O) groups is 2. The number of aryl methyl sites for hydroxylation is 1. The Labute approximate surface area is 181 Å². The first-order valence-corrected chi connectivity index (χ1v) is 10.2. The summed E-state index contributed by atoms with van der Waals surface area (Å²) in [7, 11) is 0. The van der Waals surface area contributed by atoms with Crippen LogP contribution in [0.4, 0.5) is 5.69 Å². The van der Waals surface area contributed by atoms with Crippen LogP contribution in [0.3, 0.4) is 0 Å². The molecule has 0 fully saturated rings. The van der Waals surface area contributed by atoms with E-state index in [0.717, 1.165) is 11.3 Å². The maximum absolute atomic E-state index is 12.9. The Kier molecular flexibility index (Phi) is 6.95. The summed E-state index contributed by atoms with van der Waals surface area (Å²) in [5, 5.41) is 0.514. The number of carbonyl (C=O) groups excluding carboxylic acids is 2. The fourth-order valence-electron chi connectivity index (χ4n) is 3.33. The van der Waals surface area contributed by atoms with Gasteiger partial charge >= 0.3 is 11.9 Å². The van der Waals surface area contributed by atoms with Crippen molar-refractivity contribution in [3.63, 3.8) is 0 Å². The number of benzene rings is 2. The summed E-state index contributed by atoms with van der Waals surface area (Å²) in [6, 6.07) is 14.9. The predicted molar refractivity (Wildman–Crippen MR) is 117 cm³/mol. The quantitative estimate of drug-likeness (QED) is 0.599. The molecule has 6 heteroatoms. The molecule has 0 unspecified atom stereocenters. The van der Waals surface area contributed by atoms with Gasteiger partial charge in [-0.2, -0.15) is 0 Å². The summed E-state index contributed by atoms with van der Waals surface area (Å²) in [5.41, 5.74) is 3.31. The van der Waals surface area contributed by atoms with Crippen molar-refractivity contribution >= 4 is 29.2 Å². The summed E-state index contributed by atoms with van der Waals surface area (Å²) in [5.74, 6) is -1.63. The van der Waals surface area contributed by atoms with Crippen molar-refractivity contribution in [3.05, 3.63) is 88.2 Å². The van der Waals surface area contributed by atoms with E-state index in [1.807, 2.05) is 37.3 Å². The van der Waals surface area contributed by atoms with Crippen molar-refractivity contribution in [1.29, 1.82) is 0 Å². The van der Waals surface area contributed by atoms with Gasteiger partial charge < -0.3 is 14.4 Å². The van der Waals surface area contributed by atoms with E-state index in [-0.39, 0.29) is 13.2 Å². The molecule has 30 heavy (non-hydrogen) atoms. The summed E-state index contributed by atoms with van der Waals surface area (Å²) in [4.78, 5) is 27.5. The van der Waals surface area contributed by atoms with Gasteiger partial charge in [0.05, 0.1) is 30.3 Å². The van der Waals surface area contributed by atoms with Gasteiger partial charge in [-0.1, -0.05) is 41.4 Å². The van der Waals surface area contributed by atoms with Gasteiger partial charge in [-0.25, -0.2) is 9.59 Å². The molecule has 0 radical (unpaired) electrons. The van der Waals surface area contributed by atoms with Gasteiger partial charge in [0.15, 0.2) is 0 Å². The van der Waals surface area contributed by atoms with Crippen molar-refractivity contribution in [1.82, 2.24) is 0 Å². The van der Waals surface area contributed by atoms with Crippen LogP contribution in [0.2, 0.25) is 5.02 Å². The average molecular weight is 426 g/mol. The van der Waals surface area contributed by atoms with Crippen LogP contribution in [0.5, 0.6) is 0 Å². The molecule has 1 heterocycles. The molecule has 2 aromatic carbocycles. The number of halogens is 1. The third-order valence-electron chi connectivity index (χ3n) is 4.71. The molecule has 0 aliphatic carbocycles. The lowest BCUT2D eigenvalue weighted by atomic mass is 9.83. The Morgan fingerprint density at radius 2 is 1.50 bits per heavy atom. The van der Waals surface area contributed by atoms with Gasteiger partial charge in [0.1, 0.15) is 0 Å². The highest BCUT2D eigenvalue weighted by Gasteiger charge is 2.36. The maximum Gasteiger partial charge on any atom is 0.336 e. The topological polar surface area (TPSA) is 55.8 Å². The molecule has 0 aromatic heterocycles. The minimum absolute atomic E-state index is 0.224. The van der Waals surface area contributed by atoms with E-state index < -0.39 is 17.9 Å². The number of ether oxygens (including phenoxy) is 2. The minimum atomic E-state index is -0.650. The molecule has 3 rings (SSSR count). The summed E-state index contributed by atoms with van der Waals surface area (Å²) in [6.07, 6.45) is 3.41. The van der Waals surface area contributed by atoms with Crippen molar-refractivity contribution in [2.45, 2.75) is 26.7 Å². The van der Waals surface area contributed by atoms with E-state index in [4.69, 9.17) is 21.1 Å². The number of esters is 2. The van der Waals surface area contributed by atoms with Crippen LogP contribution < -0.4 is 4.90 Å². The van der Waals surface area contributed by atoms with Gasteiger partial charge in [-0.15, -0.1) is 0 Å². The van der Waals surface area contributed by atoms with E-state index >= 15 is 0 Å². The van der Waals surface area contributed by atoms with E-state index in [0.29, 0.717) is 21.7 Å². The highest BCUT2D eigenvalue weighted by atomic mass is 35.5. The first kappa shape index (κ1) is 21.7. The van der Waals surface area contributed by atoms with Crippen LogP contribution in [-0.4, -0.2) is 25.2 Å². The van der Waals surface area contributed by atoms with Crippen LogP contribution in [0.1, 0.15) is 30.9 Å². The molecule has 0 saturated carbocycles. The average Bonchev–Trinajstić information content (AvgIpc) is 2.73.